The van der Waals surface area contributed by atoms with Crippen molar-refractivity contribution in [1.29, 1.82) is 0 Å². The van der Waals surface area contributed by atoms with E-state index >= 15 is 0 Å². The Hall–Kier alpha value is -3.22. The molecule has 0 spiro atoms. The van der Waals surface area contributed by atoms with E-state index < -0.39 is 17.8 Å². The van der Waals surface area contributed by atoms with E-state index in [1.165, 1.54) is 14.2 Å². The maximum Gasteiger partial charge on any atom is 0.308 e. The van der Waals surface area contributed by atoms with Gasteiger partial charge in [0, 0.05) is 6.54 Å². The van der Waals surface area contributed by atoms with Crippen LogP contribution in [0.4, 0.5) is 0 Å². The Morgan fingerprint density at radius 3 is 2.36 bits per heavy atom. The highest BCUT2D eigenvalue weighted by Crippen LogP contribution is 2.30. The van der Waals surface area contributed by atoms with E-state index in [-0.39, 0.29) is 18.5 Å². The molecule has 150 valence electrons. The smallest absolute Gasteiger partial charge is 0.308 e. The van der Waals surface area contributed by atoms with E-state index in [2.05, 4.69) is 5.32 Å². The fraction of sp³-hybridized carbons (Fsp3) is 0.333. The summed E-state index contributed by atoms with van der Waals surface area (Å²) in [6.07, 6.45) is 0.289. The minimum absolute atomic E-state index is 0.0122. The number of methoxy groups -OCH3 is 2. The third-order valence-electron chi connectivity index (χ3n) is 4.22. The Morgan fingerprint density at radius 2 is 1.79 bits per heavy atom. The van der Waals surface area contributed by atoms with Gasteiger partial charge in [-0.25, -0.2) is 0 Å². The number of carbonyl (C=O) groups is 2. The molecule has 28 heavy (non-hydrogen) atoms. The van der Waals surface area contributed by atoms with Crippen LogP contribution in [0, 0.1) is 5.92 Å². The van der Waals surface area contributed by atoms with Crippen LogP contribution < -0.4 is 19.5 Å². The highest BCUT2D eigenvalue weighted by Gasteiger charge is 2.21. The van der Waals surface area contributed by atoms with Crippen LogP contribution in [0.2, 0.25) is 0 Å². The van der Waals surface area contributed by atoms with Gasteiger partial charge in [-0.05, 0) is 43.2 Å². The van der Waals surface area contributed by atoms with Gasteiger partial charge >= 0.3 is 5.97 Å². The predicted octanol–water partition coefficient (Wildman–Crippen LogP) is 2.78. The molecule has 0 saturated carbocycles. The zero-order chi connectivity index (χ0) is 20.5. The normalized spacial score (nSPS) is 11.4. The second-order valence-electron chi connectivity index (χ2n) is 6.07. The van der Waals surface area contributed by atoms with Gasteiger partial charge in [0.25, 0.3) is 5.91 Å². The van der Waals surface area contributed by atoms with Crippen LogP contribution >= 0.6 is 0 Å². The molecule has 1 amide bonds. The quantitative estimate of drug-likeness (QED) is 0.651. The van der Waals surface area contributed by atoms with Crippen molar-refractivity contribution in [3.05, 3.63) is 53.6 Å². The second-order valence-corrected chi connectivity index (χ2v) is 6.07. The van der Waals surface area contributed by atoms with Gasteiger partial charge in [0.2, 0.25) is 0 Å². The molecule has 0 fully saturated rings. The summed E-state index contributed by atoms with van der Waals surface area (Å²) in [6, 6.07) is 12.2. The van der Waals surface area contributed by atoms with Gasteiger partial charge in [0.15, 0.2) is 11.5 Å². The molecule has 7 heteroatoms. The molecule has 0 heterocycles. The Labute approximate surface area is 164 Å². The number of aliphatic carboxylic acids is 1. The Bertz CT molecular complexity index is 803. The minimum atomic E-state index is -0.980. The summed E-state index contributed by atoms with van der Waals surface area (Å²) in [6.45, 7) is 2.45. The molecule has 0 aliphatic carbocycles. The van der Waals surface area contributed by atoms with Gasteiger partial charge in [-0.3, -0.25) is 9.59 Å². The molecule has 2 aromatic carbocycles. The van der Waals surface area contributed by atoms with E-state index in [9.17, 15) is 14.7 Å². The van der Waals surface area contributed by atoms with E-state index in [4.69, 9.17) is 14.2 Å². The molecule has 2 aromatic rings. The lowest BCUT2D eigenvalue weighted by Gasteiger charge is -2.16. The van der Waals surface area contributed by atoms with Crippen LogP contribution in [-0.4, -0.2) is 44.4 Å². The minimum Gasteiger partial charge on any atom is -0.494 e. The predicted molar refractivity (Wildman–Crippen MR) is 104 cm³/mol. The molecule has 0 aliphatic heterocycles. The third-order valence-corrected chi connectivity index (χ3v) is 4.22. The average Bonchev–Trinajstić information content (AvgIpc) is 2.71. The van der Waals surface area contributed by atoms with Gasteiger partial charge in [-0.2, -0.15) is 0 Å². The summed E-state index contributed by atoms with van der Waals surface area (Å²) < 4.78 is 15.8. The second kappa shape index (κ2) is 10.2. The molecular weight excluding hydrogens is 362 g/mol. The summed E-state index contributed by atoms with van der Waals surface area (Å²) in [5.41, 5.74) is 1.14. The summed E-state index contributed by atoms with van der Waals surface area (Å²) in [5.74, 6) is -0.698. The number of ether oxygens (including phenoxy) is 3. The topological polar surface area (TPSA) is 94.1 Å². The third kappa shape index (κ3) is 5.39. The number of nitrogens with one attached hydrogen (secondary N) is 1. The Balaban J connectivity index is 2.05. The van der Waals surface area contributed by atoms with Gasteiger partial charge in [-0.15, -0.1) is 0 Å². The highest BCUT2D eigenvalue weighted by atomic mass is 16.5. The number of benzene rings is 2. The first-order valence-corrected chi connectivity index (χ1v) is 8.93. The van der Waals surface area contributed by atoms with Crippen molar-refractivity contribution < 1.29 is 28.9 Å². The fourth-order valence-electron chi connectivity index (χ4n) is 2.80. The molecule has 1 unspecified atom stereocenters. The number of carboxylic acids is 1. The zero-order valence-electron chi connectivity index (χ0n) is 16.2. The van der Waals surface area contributed by atoms with Crippen molar-refractivity contribution in [1.82, 2.24) is 5.32 Å². The van der Waals surface area contributed by atoms with Crippen LogP contribution in [0.1, 0.15) is 22.8 Å². The summed E-state index contributed by atoms with van der Waals surface area (Å²) >= 11 is 0. The molecule has 2 rings (SSSR count). The van der Waals surface area contributed by atoms with Crippen molar-refractivity contribution in [2.45, 2.75) is 13.3 Å². The molecule has 0 saturated heterocycles. The molecule has 0 bridgehead atoms. The maximum absolute atomic E-state index is 12.5. The first-order valence-electron chi connectivity index (χ1n) is 8.93. The number of para-hydroxylation sites is 1. The van der Waals surface area contributed by atoms with Crippen LogP contribution in [-0.2, 0) is 11.2 Å². The number of amides is 1. The van der Waals surface area contributed by atoms with E-state index in [0.29, 0.717) is 18.1 Å². The van der Waals surface area contributed by atoms with Crippen molar-refractivity contribution >= 4 is 11.9 Å². The van der Waals surface area contributed by atoms with E-state index in [1.807, 2.05) is 19.1 Å². The number of hydrogen-bond donors (Lipinski definition) is 2. The molecule has 0 aliphatic rings. The molecule has 1 atom stereocenters. The Kier molecular flexibility index (Phi) is 7.68. The van der Waals surface area contributed by atoms with Gasteiger partial charge in [0.05, 0.1) is 32.3 Å². The van der Waals surface area contributed by atoms with E-state index in [0.717, 1.165) is 11.3 Å². The average molecular weight is 387 g/mol. The van der Waals surface area contributed by atoms with Crippen molar-refractivity contribution in [3.63, 3.8) is 0 Å². The van der Waals surface area contributed by atoms with Crippen molar-refractivity contribution in [2.24, 2.45) is 5.92 Å². The molecule has 0 radical (unpaired) electrons. The van der Waals surface area contributed by atoms with Crippen LogP contribution in [0.3, 0.4) is 0 Å². The van der Waals surface area contributed by atoms with Gasteiger partial charge in [0.1, 0.15) is 5.75 Å². The summed E-state index contributed by atoms with van der Waals surface area (Å²) in [7, 11) is 2.93. The molecule has 0 aromatic heterocycles. The maximum atomic E-state index is 12.5. The lowest BCUT2D eigenvalue weighted by molar-refractivity contribution is -0.141. The van der Waals surface area contributed by atoms with Crippen LogP contribution in [0.25, 0.3) is 0 Å². The molecule has 2 N–H and O–H groups in total. The SMILES string of the molecule is CCOc1ccc(CC(CNC(=O)c2cccc(OC)c2OC)C(=O)O)cc1. The fourth-order valence-corrected chi connectivity index (χ4v) is 2.80. The van der Waals surface area contributed by atoms with Gasteiger partial charge in [-0.1, -0.05) is 18.2 Å². The monoisotopic (exact) mass is 387 g/mol. The number of rotatable bonds is 10. The molecular formula is C21H25NO6. The zero-order valence-corrected chi connectivity index (χ0v) is 16.2. The van der Waals surface area contributed by atoms with Crippen molar-refractivity contribution in [2.75, 3.05) is 27.4 Å². The number of carbonyl (C=O) groups excluding carboxylic acids is 1. The van der Waals surface area contributed by atoms with Gasteiger partial charge < -0.3 is 24.6 Å². The van der Waals surface area contributed by atoms with E-state index in [1.54, 1.807) is 30.3 Å². The number of carboxylic acid groups (broad SMARTS) is 1. The molecule has 7 nitrogen and oxygen atoms in total. The standard InChI is InChI=1S/C21H25NO6/c1-4-28-16-10-8-14(9-11-16)12-15(21(24)25)13-22-20(23)17-6-5-7-18(26-2)19(17)27-3/h5-11,15H,4,12-13H2,1-3H3,(H,22,23)(H,24,25). The lowest BCUT2D eigenvalue weighted by Crippen LogP contribution is -2.34. The largest absolute Gasteiger partial charge is 0.494 e. The first-order chi connectivity index (χ1) is 13.5. The lowest BCUT2D eigenvalue weighted by atomic mass is 9.99. The van der Waals surface area contributed by atoms with Crippen molar-refractivity contribution in [3.8, 4) is 17.2 Å². The number of hydrogen-bond acceptors (Lipinski definition) is 5. The summed E-state index contributed by atoms with van der Waals surface area (Å²) in [5, 5.41) is 12.2. The Morgan fingerprint density at radius 1 is 1.07 bits per heavy atom. The van der Waals surface area contributed by atoms with Crippen LogP contribution in [0.15, 0.2) is 42.5 Å². The van der Waals surface area contributed by atoms with Crippen LogP contribution in [0.5, 0.6) is 17.2 Å². The first kappa shape index (κ1) is 21.1. The highest BCUT2D eigenvalue weighted by molar-refractivity contribution is 5.98. The summed E-state index contributed by atoms with van der Waals surface area (Å²) in [4.78, 5) is 24.2.